The Morgan fingerprint density at radius 1 is 1.44 bits per heavy atom. The van der Waals surface area contributed by atoms with Crippen molar-refractivity contribution in [2.45, 2.75) is 26.7 Å². The summed E-state index contributed by atoms with van der Waals surface area (Å²) in [7, 11) is 0. The molecule has 1 rings (SSSR count). The van der Waals surface area contributed by atoms with Gasteiger partial charge in [0.25, 0.3) is 5.91 Å². The molecule has 18 heavy (non-hydrogen) atoms. The molecule has 0 aliphatic heterocycles. The number of amides is 1. The van der Waals surface area contributed by atoms with E-state index in [2.05, 4.69) is 4.98 Å². The molecule has 0 fully saturated rings. The van der Waals surface area contributed by atoms with Crippen LogP contribution in [0.3, 0.4) is 0 Å². The quantitative estimate of drug-likeness (QED) is 0.839. The first-order chi connectivity index (χ1) is 8.52. The second-order valence-electron chi connectivity index (χ2n) is 3.98. The molecule has 0 saturated carbocycles. The molecule has 0 unspecified atom stereocenters. The Morgan fingerprint density at radius 2 is 2.00 bits per heavy atom. The van der Waals surface area contributed by atoms with Crippen LogP contribution in [0.1, 0.15) is 37.0 Å². The van der Waals surface area contributed by atoms with Crippen molar-refractivity contribution in [1.82, 2.24) is 9.88 Å². The van der Waals surface area contributed by atoms with Gasteiger partial charge in [-0.2, -0.15) is 0 Å². The van der Waals surface area contributed by atoms with Crippen molar-refractivity contribution in [2.24, 2.45) is 0 Å². The lowest BCUT2D eigenvalue weighted by Crippen LogP contribution is -2.33. The Bertz CT molecular complexity index is 434. The molecule has 0 aromatic carbocycles. The van der Waals surface area contributed by atoms with E-state index >= 15 is 0 Å². The number of hydrogen-bond donors (Lipinski definition) is 1. The van der Waals surface area contributed by atoms with Gasteiger partial charge < -0.3 is 10.6 Å². The van der Waals surface area contributed by atoms with E-state index in [1.807, 2.05) is 13.8 Å². The summed E-state index contributed by atoms with van der Waals surface area (Å²) in [6.07, 6.45) is 2.88. The molecular weight excluding hydrogens is 257 g/mol. The Balaban J connectivity index is 3.05. The molecule has 0 spiro atoms. The standard InChI is InChI=1S/C12H17ClFN3O/c1-3-5-17(6-4-2)12(18)8-7-16-11(13)9(14)10(8)15/h7H,3-6H2,1-2H3,(H2,15,16). The zero-order chi connectivity index (χ0) is 13.7. The Morgan fingerprint density at radius 3 is 2.50 bits per heavy atom. The summed E-state index contributed by atoms with van der Waals surface area (Å²) in [5.74, 6) is -1.14. The van der Waals surface area contributed by atoms with E-state index in [1.165, 1.54) is 6.20 Å². The molecule has 2 N–H and O–H groups in total. The van der Waals surface area contributed by atoms with Gasteiger partial charge in [-0.15, -0.1) is 0 Å². The van der Waals surface area contributed by atoms with Gasteiger partial charge in [0.05, 0.1) is 11.3 Å². The van der Waals surface area contributed by atoms with Gasteiger partial charge in [0.2, 0.25) is 0 Å². The van der Waals surface area contributed by atoms with Crippen molar-refractivity contribution in [3.05, 3.63) is 22.7 Å². The van der Waals surface area contributed by atoms with Gasteiger partial charge in [-0.1, -0.05) is 25.4 Å². The van der Waals surface area contributed by atoms with Crippen LogP contribution in [0.5, 0.6) is 0 Å². The molecule has 1 heterocycles. The molecule has 1 aromatic rings. The predicted octanol–water partition coefficient (Wildman–Crippen LogP) is 2.72. The summed E-state index contributed by atoms with van der Waals surface area (Å²) in [6, 6.07) is 0. The number of carbonyl (C=O) groups excluding carboxylic acids is 1. The second kappa shape index (κ2) is 6.54. The van der Waals surface area contributed by atoms with Crippen molar-refractivity contribution in [3.63, 3.8) is 0 Å². The van der Waals surface area contributed by atoms with E-state index in [-0.39, 0.29) is 22.3 Å². The number of rotatable bonds is 5. The highest BCUT2D eigenvalue weighted by Gasteiger charge is 2.20. The summed E-state index contributed by atoms with van der Waals surface area (Å²) >= 11 is 5.50. The van der Waals surface area contributed by atoms with E-state index in [4.69, 9.17) is 17.3 Å². The number of carbonyl (C=O) groups is 1. The molecule has 1 amide bonds. The summed E-state index contributed by atoms with van der Waals surface area (Å²) in [5, 5.41) is -0.318. The Kier molecular flexibility index (Phi) is 5.34. The van der Waals surface area contributed by atoms with Crippen LogP contribution in [0.15, 0.2) is 6.20 Å². The molecule has 0 saturated heterocycles. The SMILES string of the molecule is CCCN(CCC)C(=O)c1cnc(Cl)c(F)c1N. The van der Waals surface area contributed by atoms with Crippen LogP contribution >= 0.6 is 11.6 Å². The lowest BCUT2D eigenvalue weighted by Gasteiger charge is -2.22. The third-order valence-corrected chi connectivity index (χ3v) is 2.78. The van der Waals surface area contributed by atoms with Gasteiger partial charge in [-0.05, 0) is 12.8 Å². The van der Waals surface area contributed by atoms with E-state index in [1.54, 1.807) is 4.90 Å². The minimum atomic E-state index is -0.838. The summed E-state index contributed by atoms with van der Waals surface area (Å²) in [5.41, 5.74) is 5.40. The second-order valence-corrected chi connectivity index (χ2v) is 4.34. The highest BCUT2D eigenvalue weighted by molar-refractivity contribution is 6.30. The third-order valence-electron chi connectivity index (χ3n) is 2.52. The number of aromatic nitrogens is 1. The molecule has 0 bridgehead atoms. The fraction of sp³-hybridized carbons (Fsp3) is 0.500. The molecule has 0 atom stereocenters. The third kappa shape index (κ3) is 3.10. The van der Waals surface area contributed by atoms with Crippen molar-refractivity contribution in [2.75, 3.05) is 18.8 Å². The molecule has 0 aliphatic carbocycles. The monoisotopic (exact) mass is 273 g/mol. The van der Waals surface area contributed by atoms with Crippen LogP contribution in [0.25, 0.3) is 0 Å². The van der Waals surface area contributed by atoms with E-state index < -0.39 is 5.82 Å². The van der Waals surface area contributed by atoms with Crippen molar-refractivity contribution in [1.29, 1.82) is 0 Å². The molecular formula is C12H17ClFN3O. The number of nitrogens with two attached hydrogens (primary N) is 1. The van der Waals surface area contributed by atoms with Crippen molar-refractivity contribution in [3.8, 4) is 0 Å². The average Bonchev–Trinajstić information content (AvgIpc) is 2.35. The zero-order valence-electron chi connectivity index (χ0n) is 10.5. The van der Waals surface area contributed by atoms with Gasteiger partial charge in [-0.3, -0.25) is 4.79 Å². The highest BCUT2D eigenvalue weighted by atomic mass is 35.5. The molecule has 0 aliphatic rings. The van der Waals surface area contributed by atoms with Crippen LogP contribution in [-0.2, 0) is 0 Å². The maximum Gasteiger partial charge on any atom is 0.257 e. The predicted molar refractivity (Wildman–Crippen MR) is 70.1 cm³/mol. The molecule has 0 radical (unpaired) electrons. The lowest BCUT2D eigenvalue weighted by atomic mass is 10.2. The summed E-state index contributed by atoms with van der Waals surface area (Å²) in [4.78, 5) is 17.5. The summed E-state index contributed by atoms with van der Waals surface area (Å²) in [6.45, 7) is 5.16. The molecule has 1 aromatic heterocycles. The maximum absolute atomic E-state index is 13.5. The van der Waals surface area contributed by atoms with E-state index in [9.17, 15) is 9.18 Å². The van der Waals surface area contributed by atoms with Gasteiger partial charge in [0, 0.05) is 19.3 Å². The van der Waals surface area contributed by atoms with E-state index in [0.29, 0.717) is 13.1 Å². The van der Waals surface area contributed by atoms with Crippen LogP contribution in [0.2, 0.25) is 5.15 Å². The number of hydrogen-bond acceptors (Lipinski definition) is 3. The first-order valence-electron chi connectivity index (χ1n) is 5.91. The largest absolute Gasteiger partial charge is 0.396 e. The number of anilines is 1. The average molecular weight is 274 g/mol. The molecule has 4 nitrogen and oxygen atoms in total. The molecule has 6 heteroatoms. The zero-order valence-corrected chi connectivity index (χ0v) is 11.3. The van der Waals surface area contributed by atoms with E-state index in [0.717, 1.165) is 12.8 Å². The van der Waals surface area contributed by atoms with Gasteiger partial charge in [-0.25, -0.2) is 9.37 Å². The van der Waals surface area contributed by atoms with Gasteiger partial charge in [0.1, 0.15) is 0 Å². The number of halogens is 2. The van der Waals surface area contributed by atoms with Crippen LogP contribution < -0.4 is 5.73 Å². The first-order valence-corrected chi connectivity index (χ1v) is 6.29. The summed E-state index contributed by atoms with van der Waals surface area (Å²) < 4.78 is 13.5. The van der Waals surface area contributed by atoms with Gasteiger partial charge in [0.15, 0.2) is 11.0 Å². The number of nitrogens with zero attached hydrogens (tertiary/aromatic N) is 2. The van der Waals surface area contributed by atoms with Crippen LogP contribution in [-0.4, -0.2) is 28.9 Å². The van der Waals surface area contributed by atoms with Crippen LogP contribution in [0.4, 0.5) is 10.1 Å². The Hall–Kier alpha value is -1.36. The first kappa shape index (κ1) is 14.7. The topological polar surface area (TPSA) is 59.2 Å². The fourth-order valence-corrected chi connectivity index (χ4v) is 1.82. The minimum Gasteiger partial charge on any atom is -0.396 e. The van der Waals surface area contributed by atoms with Gasteiger partial charge >= 0.3 is 0 Å². The normalized spacial score (nSPS) is 10.4. The number of pyridine rings is 1. The molecule has 100 valence electrons. The van der Waals surface area contributed by atoms with Crippen molar-refractivity contribution < 1.29 is 9.18 Å². The lowest BCUT2D eigenvalue weighted by molar-refractivity contribution is 0.0756. The Labute approximate surface area is 111 Å². The maximum atomic E-state index is 13.5. The smallest absolute Gasteiger partial charge is 0.257 e. The highest BCUT2D eigenvalue weighted by Crippen LogP contribution is 2.22. The fourth-order valence-electron chi connectivity index (χ4n) is 1.67. The minimum absolute atomic E-state index is 0.0683. The number of nitrogen functional groups attached to an aromatic ring is 1. The van der Waals surface area contributed by atoms with Crippen LogP contribution in [0, 0.1) is 5.82 Å². The van der Waals surface area contributed by atoms with Crippen molar-refractivity contribution >= 4 is 23.2 Å².